The average molecular weight is 255 g/mol. The van der Waals surface area contributed by atoms with Crippen LogP contribution in [0.2, 0.25) is 0 Å². The molecule has 1 aromatic rings. The second-order valence-corrected chi connectivity index (χ2v) is 4.25. The number of furan rings is 1. The van der Waals surface area contributed by atoms with Crippen molar-refractivity contribution in [2.45, 2.75) is 6.42 Å². The van der Waals surface area contributed by atoms with Crippen LogP contribution in [0.3, 0.4) is 0 Å². The molecule has 1 heterocycles. The summed E-state index contributed by atoms with van der Waals surface area (Å²) in [6.45, 7) is 1.71. The van der Waals surface area contributed by atoms with Gasteiger partial charge in [0.2, 0.25) is 0 Å². The predicted octanol–water partition coefficient (Wildman–Crippen LogP) is 0.836. The molecule has 0 spiro atoms. The van der Waals surface area contributed by atoms with E-state index < -0.39 is 0 Å². The molecule has 0 aliphatic rings. The molecule has 94 valence electrons. The molecular weight excluding hydrogens is 238 g/mol. The number of hydrogen-bond acceptors (Lipinski definition) is 4. The van der Waals surface area contributed by atoms with Gasteiger partial charge in [0.1, 0.15) is 0 Å². The lowest BCUT2D eigenvalue weighted by Gasteiger charge is -2.11. The SMILES string of the molecule is CN(C)CCCNC(=S)NC(=O)c1ccco1. The summed E-state index contributed by atoms with van der Waals surface area (Å²) in [5, 5.41) is 5.83. The molecule has 1 amide bonds. The minimum atomic E-state index is -0.333. The smallest absolute Gasteiger partial charge is 0.293 e. The number of carbonyl (C=O) groups is 1. The molecule has 0 aliphatic carbocycles. The van der Waals surface area contributed by atoms with Crippen molar-refractivity contribution in [2.24, 2.45) is 0 Å². The van der Waals surface area contributed by atoms with Gasteiger partial charge < -0.3 is 14.6 Å². The van der Waals surface area contributed by atoms with E-state index in [0.717, 1.165) is 19.5 Å². The zero-order valence-electron chi connectivity index (χ0n) is 10.0. The molecule has 2 N–H and O–H groups in total. The molecule has 0 unspecified atom stereocenters. The maximum absolute atomic E-state index is 11.5. The van der Waals surface area contributed by atoms with Crippen LogP contribution in [0.4, 0.5) is 0 Å². The zero-order valence-corrected chi connectivity index (χ0v) is 10.8. The molecule has 0 aliphatic heterocycles. The largest absolute Gasteiger partial charge is 0.459 e. The van der Waals surface area contributed by atoms with Gasteiger partial charge in [-0.2, -0.15) is 0 Å². The van der Waals surface area contributed by atoms with E-state index in [4.69, 9.17) is 16.6 Å². The summed E-state index contributed by atoms with van der Waals surface area (Å²) in [7, 11) is 4.02. The van der Waals surface area contributed by atoms with Crippen LogP contribution in [-0.4, -0.2) is 43.1 Å². The third-order valence-corrected chi connectivity index (χ3v) is 2.29. The minimum Gasteiger partial charge on any atom is -0.459 e. The highest BCUT2D eigenvalue weighted by molar-refractivity contribution is 7.80. The van der Waals surface area contributed by atoms with Crippen LogP contribution in [-0.2, 0) is 0 Å². The topological polar surface area (TPSA) is 57.5 Å². The van der Waals surface area contributed by atoms with Crippen molar-refractivity contribution in [2.75, 3.05) is 27.2 Å². The van der Waals surface area contributed by atoms with Crippen LogP contribution in [0, 0.1) is 0 Å². The Labute approximate surface area is 106 Å². The molecule has 6 heteroatoms. The van der Waals surface area contributed by atoms with Gasteiger partial charge in [-0.1, -0.05) is 0 Å². The molecule has 0 fully saturated rings. The van der Waals surface area contributed by atoms with E-state index in [1.807, 2.05) is 14.1 Å². The molecule has 0 radical (unpaired) electrons. The van der Waals surface area contributed by atoms with Gasteiger partial charge in [0, 0.05) is 6.54 Å². The average Bonchev–Trinajstić information content (AvgIpc) is 2.77. The van der Waals surface area contributed by atoms with E-state index in [1.165, 1.54) is 6.26 Å². The predicted molar refractivity (Wildman–Crippen MR) is 69.9 cm³/mol. The van der Waals surface area contributed by atoms with E-state index in [0.29, 0.717) is 5.11 Å². The third-order valence-electron chi connectivity index (χ3n) is 2.04. The van der Waals surface area contributed by atoms with Crippen molar-refractivity contribution in [3.63, 3.8) is 0 Å². The highest BCUT2D eigenvalue weighted by Gasteiger charge is 2.09. The monoisotopic (exact) mass is 255 g/mol. The number of nitrogens with one attached hydrogen (secondary N) is 2. The van der Waals surface area contributed by atoms with E-state index in [9.17, 15) is 4.79 Å². The summed E-state index contributed by atoms with van der Waals surface area (Å²) in [6, 6.07) is 3.24. The standard InChI is InChI=1S/C11H17N3O2S/c1-14(2)7-4-6-12-11(17)13-10(15)9-5-3-8-16-9/h3,5,8H,4,6-7H2,1-2H3,(H2,12,13,15,17). The summed E-state index contributed by atoms with van der Waals surface area (Å²) < 4.78 is 4.95. The molecule has 17 heavy (non-hydrogen) atoms. The molecule has 5 nitrogen and oxygen atoms in total. The first-order valence-corrected chi connectivity index (χ1v) is 5.78. The van der Waals surface area contributed by atoms with Crippen LogP contribution in [0.15, 0.2) is 22.8 Å². The Kier molecular flexibility index (Phi) is 5.65. The van der Waals surface area contributed by atoms with Crippen molar-refractivity contribution in [3.8, 4) is 0 Å². The Bertz CT molecular complexity index is 363. The Morgan fingerprint density at radius 1 is 1.53 bits per heavy atom. The van der Waals surface area contributed by atoms with Crippen molar-refractivity contribution in [3.05, 3.63) is 24.2 Å². The first kappa shape index (κ1) is 13.7. The summed E-state index contributed by atoms with van der Waals surface area (Å²) in [4.78, 5) is 13.6. The number of carbonyl (C=O) groups excluding carboxylic acids is 1. The second-order valence-electron chi connectivity index (χ2n) is 3.84. The Balaban J connectivity index is 2.19. The minimum absolute atomic E-state index is 0.252. The Hall–Kier alpha value is -1.40. The molecule has 0 bridgehead atoms. The Morgan fingerprint density at radius 3 is 2.88 bits per heavy atom. The first-order chi connectivity index (χ1) is 8.09. The van der Waals surface area contributed by atoms with Crippen molar-refractivity contribution >= 4 is 23.2 Å². The number of hydrogen-bond donors (Lipinski definition) is 2. The zero-order chi connectivity index (χ0) is 12.7. The van der Waals surface area contributed by atoms with Crippen LogP contribution < -0.4 is 10.6 Å². The van der Waals surface area contributed by atoms with Gasteiger partial charge in [-0.05, 0) is 51.4 Å². The third kappa shape index (κ3) is 5.46. The van der Waals surface area contributed by atoms with Gasteiger partial charge in [0.25, 0.3) is 5.91 Å². The number of nitrogens with zero attached hydrogens (tertiary/aromatic N) is 1. The lowest BCUT2D eigenvalue weighted by molar-refractivity contribution is 0.0949. The van der Waals surface area contributed by atoms with E-state index in [1.54, 1.807) is 12.1 Å². The highest BCUT2D eigenvalue weighted by atomic mass is 32.1. The Morgan fingerprint density at radius 2 is 2.29 bits per heavy atom. The number of rotatable bonds is 5. The van der Waals surface area contributed by atoms with Crippen LogP contribution in [0.1, 0.15) is 17.0 Å². The van der Waals surface area contributed by atoms with Gasteiger partial charge in [-0.3, -0.25) is 10.1 Å². The van der Waals surface area contributed by atoms with Crippen molar-refractivity contribution in [1.82, 2.24) is 15.5 Å². The molecule has 0 saturated heterocycles. The lowest BCUT2D eigenvalue weighted by Crippen LogP contribution is -2.40. The maximum Gasteiger partial charge on any atom is 0.293 e. The van der Waals surface area contributed by atoms with Gasteiger partial charge in [-0.25, -0.2) is 0 Å². The van der Waals surface area contributed by atoms with E-state index in [-0.39, 0.29) is 11.7 Å². The van der Waals surface area contributed by atoms with E-state index in [2.05, 4.69) is 15.5 Å². The van der Waals surface area contributed by atoms with E-state index >= 15 is 0 Å². The molecule has 1 aromatic heterocycles. The normalized spacial score (nSPS) is 10.3. The van der Waals surface area contributed by atoms with Gasteiger partial charge in [0.05, 0.1) is 6.26 Å². The number of thiocarbonyl (C=S) groups is 1. The highest BCUT2D eigenvalue weighted by Crippen LogP contribution is 1.98. The van der Waals surface area contributed by atoms with Gasteiger partial charge >= 0.3 is 0 Å². The molecular formula is C11H17N3O2S. The summed E-state index contributed by atoms with van der Waals surface area (Å²) in [5.74, 6) is -0.0810. The van der Waals surface area contributed by atoms with Gasteiger partial charge in [-0.15, -0.1) is 0 Å². The van der Waals surface area contributed by atoms with Crippen LogP contribution >= 0.6 is 12.2 Å². The first-order valence-electron chi connectivity index (χ1n) is 5.37. The fourth-order valence-electron chi connectivity index (χ4n) is 1.21. The van der Waals surface area contributed by atoms with Gasteiger partial charge in [0.15, 0.2) is 10.9 Å². The lowest BCUT2D eigenvalue weighted by atomic mass is 10.4. The summed E-state index contributed by atoms with van der Waals surface area (Å²) in [6.07, 6.45) is 2.41. The molecule has 0 atom stereocenters. The maximum atomic E-state index is 11.5. The second kappa shape index (κ2) is 7.03. The fourth-order valence-corrected chi connectivity index (χ4v) is 1.41. The van der Waals surface area contributed by atoms with Crippen molar-refractivity contribution < 1.29 is 9.21 Å². The molecule has 1 rings (SSSR count). The quantitative estimate of drug-likeness (QED) is 0.603. The van der Waals surface area contributed by atoms with Crippen LogP contribution in [0.25, 0.3) is 0 Å². The summed E-state index contributed by atoms with van der Waals surface area (Å²) >= 11 is 4.98. The van der Waals surface area contributed by atoms with Crippen molar-refractivity contribution in [1.29, 1.82) is 0 Å². The fraction of sp³-hybridized carbons (Fsp3) is 0.455. The van der Waals surface area contributed by atoms with Crippen LogP contribution in [0.5, 0.6) is 0 Å². The molecule has 0 aromatic carbocycles. The summed E-state index contributed by atoms with van der Waals surface area (Å²) in [5.41, 5.74) is 0. The number of amides is 1. The molecule has 0 saturated carbocycles.